The molecular weight excluding hydrogens is 339 g/mol. The van der Waals surface area contributed by atoms with Gasteiger partial charge in [-0.05, 0) is 60.2 Å². The Labute approximate surface area is 148 Å². The summed E-state index contributed by atoms with van der Waals surface area (Å²) >= 11 is 0. The topological polar surface area (TPSA) is 73.1 Å². The van der Waals surface area contributed by atoms with E-state index >= 15 is 0 Å². The largest absolute Gasteiger partial charge is 0.493 e. The molecule has 3 rings (SSSR count). The number of hydrogen-bond acceptors (Lipinski definition) is 6. The molecule has 7 heteroatoms. The predicted molar refractivity (Wildman–Crippen MR) is 94.3 cm³/mol. The number of benzene rings is 2. The molecule has 0 fully saturated rings. The van der Waals surface area contributed by atoms with Gasteiger partial charge in [-0.15, -0.1) is 0 Å². The highest BCUT2D eigenvalue weighted by Gasteiger charge is 2.14. The molecule has 1 aromatic heterocycles. The van der Waals surface area contributed by atoms with Crippen molar-refractivity contribution in [2.75, 3.05) is 12.5 Å². The highest BCUT2D eigenvalue weighted by Crippen LogP contribution is 2.28. The van der Waals surface area contributed by atoms with Crippen molar-refractivity contribution >= 4 is 17.9 Å². The van der Waals surface area contributed by atoms with Crippen LogP contribution >= 0.6 is 0 Å². The van der Waals surface area contributed by atoms with Crippen molar-refractivity contribution in [2.45, 2.75) is 0 Å². The summed E-state index contributed by atoms with van der Waals surface area (Å²) in [5.74, 6) is -0.203. The van der Waals surface area contributed by atoms with Crippen molar-refractivity contribution in [1.29, 1.82) is 0 Å². The van der Waals surface area contributed by atoms with Gasteiger partial charge in [0, 0.05) is 0 Å². The van der Waals surface area contributed by atoms with E-state index in [0.29, 0.717) is 17.0 Å². The van der Waals surface area contributed by atoms with Gasteiger partial charge >= 0.3 is 5.97 Å². The highest BCUT2D eigenvalue weighted by molar-refractivity contribution is 5.89. The molecule has 1 N–H and O–H groups in total. The second kappa shape index (κ2) is 7.98. The molecule has 0 aliphatic heterocycles. The standard InChI is InChI=1S/C19H15FN2O4/c1-24-18-11-13(12-21-22-15-7-5-14(20)6-8-15)4-9-16(18)26-19(23)17-3-2-10-25-17/h2-12,22H,1H3. The van der Waals surface area contributed by atoms with Crippen LogP contribution in [0.3, 0.4) is 0 Å². The van der Waals surface area contributed by atoms with E-state index in [1.807, 2.05) is 0 Å². The first-order valence-corrected chi connectivity index (χ1v) is 7.64. The van der Waals surface area contributed by atoms with Crippen molar-refractivity contribution in [3.05, 3.63) is 78.0 Å². The van der Waals surface area contributed by atoms with Gasteiger partial charge in [0.1, 0.15) is 5.82 Å². The first-order valence-electron chi connectivity index (χ1n) is 7.64. The van der Waals surface area contributed by atoms with Crippen molar-refractivity contribution < 1.29 is 23.1 Å². The lowest BCUT2D eigenvalue weighted by molar-refractivity contribution is 0.0696. The lowest BCUT2D eigenvalue weighted by atomic mass is 10.2. The number of halogens is 1. The molecule has 0 aliphatic carbocycles. The summed E-state index contributed by atoms with van der Waals surface area (Å²) in [6.07, 6.45) is 2.95. The third kappa shape index (κ3) is 4.27. The van der Waals surface area contributed by atoms with Gasteiger partial charge < -0.3 is 13.9 Å². The number of carbonyl (C=O) groups excluding carboxylic acids is 1. The van der Waals surface area contributed by atoms with Crippen LogP contribution in [0, 0.1) is 5.82 Å². The molecule has 0 atom stereocenters. The Morgan fingerprint density at radius 3 is 2.65 bits per heavy atom. The molecule has 6 nitrogen and oxygen atoms in total. The van der Waals surface area contributed by atoms with Gasteiger partial charge in [0.05, 0.1) is 25.3 Å². The maximum absolute atomic E-state index is 12.9. The number of furan rings is 1. The Balaban J connectivity index is 1.68. The molecule has 0 bridgehead atoms. The maximum Gasteiger partial charge on any atom is 0.379 e. The number of hydrogen-bond donors (Lipinski definition) is 1. The Morgan fingerprint density at radius 1 is 1.15 bits per heavy atom. The van der Waals surface area contributed by atoms with Gasteiger partial charge in [0.2, 0.25) is 5.76 Å². The van der Waals surface area contributed by atoms with Crippen molar-refractivity contribution in [3.63, 3.8) is 0 Å². The maximum atomic E-state index is 12.9. The smallest absolute Gasteiger partial charge is 0.379 e. The number of esters is 1. The number of carbonyl (C=O) groups is 1. The Kier molecular flexibility index (Phi) is 5.28. The van der Waals surface area contributed by atoms with Crippen LogP contribution in [0.25, 0.3) is 0 Å². The third-order valence-corrected chi connectivity index (χ3v) is 3.36. The number of anilines is 1. The quantitative estimate of drug-likeness (QED) is 0.312. The van der Waals surface area contributed by atoms with Crippen LogP contribution < -0.4 is 14.9 Å². The van der Waals surface area contributed by atoms with E-state index in [1.54, 1.807) is 42.6 Å². The first kappa shape index (κ1) is 17.2. The Morgan fingerprint density at radius 2 is 1.96 bits per heavy atom. The number of methoxy groups -OCH3 is 1. The first-order chi connectivity index (χ1) is 12.7. The zero-order chi connectivity index (χ0) is 18.4. The van der Waals surface area contributed by atoms with Crippen LogP contribution in [0.5, 0.6) is 11.5 Å². The van der Waals surface area contributed by atoms with E-state index in [2.05, 4.69) is 10.5 Å². The molecule has 0 unspecified atom stereocenters. The summed E-state index contributed by atoms with van der Waals surface area (Å²) in [6.45, 7) is 0. The van der Waals surface area contributed by atoms with E-state index in [9.17, 15) is 9.18 Å². The molecule has 0 amide bonds. The third-order valence-electron chi connectivity index (χ3n) is 3.36. The molecule has 132 valence electrons. The van der Waals surface area contributed by atoms with Gasteiger partial charge in [-0.25, -0.2) is 9.18 Å². The highest BCUT2D eigenvalue weighted by atomic mass is 19.1. The number of hydrazone groups is 1. The van der Waals surface area contributed by atoms with Gasteiger partial charge in [-0.1, -0.05) is 0 Å². The zero-order valence-corrected chi connectivity index (χ0v) is 13.8. The van der Waals surface area contributed by atoms with Crippen LogP contribution in [-0.2, 0) is 0 Å². The van der Waals surface area contributed by atoms with E-state index < -0.39 is 5.97 Å². The molecule has 0 radical (unpaired) electrons. The Hall–Kier alpha value is -3.61. The second-order valence-corrected chi connectivity index (χ2v) is 5.15. The Bertz CT molecular complexity index is 906. The van der Waals surface area contributed by atoms with Crippen molar-refractivity contribution in [3.8, 4) is 11.5 Å². The van der Waals surface area contributed by atoms with E-state index in [0.717, 1.165) is 0 Å². The molecule has 0 saturated heterocycles. The zero-order valence-electron chi connectivity index (χ0n) is 13.8. The summed E-state index contributed by atoms with van der Waals surface area (Å²) in [5, 5.41) is 4.07. The minimum atomic E-state index is -0.618. The van der Waals surface area contributed by atoms with Gasteiger partial charge in [0.25, 0.3) is 0 Å². The SMILES string of the molecule is COc1cc(C=NNc2ccc(F)cc2)ccc1OC(=O)c1ccco1. The number of nitrogens with zero attached hydrogens (tertiary/aromatic N) is 1. The number of ether oxygens (including phenoxy) is 2. The fraction of sp³-hybridized carbons (Fsp3) is 0.0526. The summed E-state index contributed by atoms with van der Waals surface area (Å²) in [5.41, 5.74) is 4.16. The minimum Gasteiger partial charge on any atom is -0.493 e. The summed E-state index contributed by atoms with van der Waals surface area (Å²) < 4.78 is 28.4. The lowest BCUT2D eigenvalue weighted by Gasteiger charge is -2.09. The van der Waals surface area contributed by atoms with Gasteiger partial charge in [-0.3, -0.25) is 5.43 Å². The molecular formula is C19H15FN2O4. The molecule has 3 aromatic rings. The lowest BCUT2D eigenvalue weighted by Crippen LogP contribution is -2.08. The average molecular weight is 354 g/mol. The minimum absolute atomic E-state index is 0.0983. The summed E-state index contributed by atoms with van der Waals surface area (Å²) in [6, 6.07) is 13.9. The fourth-order valence-electron chi connectivity index (χ4n) is 2.10. The molecule has 0 spiro atoms. The molecule has 1 heterocycles. The van der Waals surface area contributed by atoms with Gasteiger partial charge in [0.15, 0.2) is 11.5 Å². The number of nitrogens with one attached hydrogen (secondary N) is 1. The average Bonchev–Trinajstić information content (AvgIpc) is 3.19. The molecule has 2 aromatic carbocycles. The second-order valence-electron chi connectivity index (χ2n) is 5.15. The summed E-state index contributed by atoms with van der Waals surface area (Å²) in [4.78, 5) is 11.9. The van der Waals surface area contributed by atoms with E-state index in [1.165, 1.54) is 31.6 Å². The van der Waals surface area contributed by atoms with E-state index in [-0.39, 0.29) is 17.3 Å². The van der Waals surface area contributed by atoms with Crippen LogP contribution in [0.15, 0.2) is 70.4 Å². The fourth-order valence-corrected chi connectivity index (χ4v) is 2.10. The monoisotopic (exact) mass is 354 g/mol. The van der Waals surface area contributed by atoms with Crippen molar-refractivity contribution in [1.82, 2.24) is 0 Å². The van der Waals surface area contributed by atoms with Crippen LogP contribution in [0.2, 0.25) is 0 Å². The molecule has 0 saturated carbocycles. The predicted octanol–water partition coefficient (Wildman–Crippen LogP) is 4.09. The van der Waals surface area contributed by atoms with Crippen LogP contribution in [0.1, 0.15) is 16.1 Å². The van der Waals surface area contributed by atoms with Crippen LogP contribution in [0.4, 0.5) is 10.1 Å². The van der Waals surface area contributed by atoms with Crippen molar-refractivity contribution in [2.24, 2.45) is 5.10 Å². The summed E-state index contributed by atoms with van der Waals surface area (Å²) in [7, 11) is 1.47. The van der Waals surface area contributed by atoms with E-state index in [4.69, 9.17) is 13.9 Å². The normalized spacial score (nSPS) is 10.7. The number of rotatable bonds is 6. The molecule has 0 aliphatic rings. The van der Waals surface area contributed by atoms with Crippen LogP contribution in [-0.4, -0.2) is 19.3 Å². The van der Waals surface area contributed by atoms with Gasteiger partial charge in [-0.2, -0.15) is 5.10 Å². The molecule has 26 heavy (non-hydrogen) atoms.